The molecule has 2 nitrogen and oxygen atoms in total. The van der Waals surface area contributed by atoms with E-state index in [4.69, 9.17) is 4.74 Å². The first-order chi connectivity index (χ1) is 9.82. The third-order valence-corrected chi connectivity index (χ3v) is 4.78. The van der Waals surface area contributed by atoms with Crippen molar-refractivity contribution in [2.45, 2.75) is 41.5 Å². The fourth-order valence-electron chi connectivity index (χ4n) is 3.37. The molecule has 0 N–H and O–H groups in total. The molecule has 0 aromatic heterocycles. The molecule has 0 spiro atoms. The summed E-state index contributed by atoms with van der Waals surface area (Å²) in [5, 5.41) is 0. The molecule has 1 aliphatic rings. The zero-order valence-corrected chi connectivity index (χ0v) is 14.0. The number of fused-ring (bicyclic) bond motifs is 2. The lowest BCUT2D eigenvalue weighted by Crippen LogP contribution is -2.20. The summed E-state index contributed by atoms with van der Waals surface area (Å²) in [5.74, 6) is 2.02. The van der Waals surface area contributed by atoms with E-state index in [9.17, 15) is 0 Å². The van der Waals surface area contributed by atoms with Gasteiger partial charge in [-0.15, -0.1) is 0 Å². The molecule has 0 radical (unpaired) electrons. The first-order valence-electron chi connectivity index (χ1n) is 7.46. The van der Waals surface area contributed by atoms with E-state index in [1.165, 1.54) is 44.8 Å². The van der Waals surface area contributed by atoms with Crippen LogP contribution in [-0.2, 0) is 0 Å². The zero-order chi connectivity index (χ0) is 15.5. The number of hydrogen-bond donors (Lipinski definition) is 0. The third kappa shape index (κ3) is 1.85. The summed E-state index contributed by atoms with van der Waals surface area (Å²) in [5.41, 5.74) is 9.93. The van der Waals surface area contributed by atoms with E-state index < -0.39 is 0 Å². The fourth-order valence-corrected chi connectivity index (χ4v) is 3.37. The van der Waals surface area contributed by atoms with Crippen molar-refractivity contribution in [3.63, 3.8) is 0 Å². The minimum Gasteiger partial charge on any atom is -0.452 e. The van der Waals surface area contributed by atoms with Crippen LogP contribution in [0.25, 0.3) is 0 Å². The molecule has 2 aromatic carbocycles. The van der Waals surface area contributed by atoms with Gasteiger partial charge in [-0.05, 0) is 74.9 Å². The van der Waals surface area contributed by atoms with Crippen molar-refractivity contribution < 1.29 is 4.74 Å². The van der Waals surface area contributed by atoms with Gasteiger partial charge in [0.2, 0.25) is 0 Å². The molecular weight excluding hydrogens is 258 g/mol. The van der Waals surface area contributed by atoms with Gasteiger partial charge in [-0.2, -0.15) is 0 Å². The number of hydrogen-bond acceptors (Lipinski definition) is 2. The van der Waals surface area contributed by atoms with E-state index in [-0.39, 0.29) is 0 Å². The van der Waals surface area contributed by atoms with E-state index in [0.717, 1.165) is 11.5 Å². The van der Waals surface area contributed by atoms with Crippen molar-refractivity contribution in [2.75, 3.05) is 11.9 Å². The number of benzene rings is 2. The maximum Gasteiger partial charge on any atom is 0.154 e. The van der Waals surface area contributed by atoms with Crippen LogP contribution in [0, 0.1) is 41.5 Å². The van der Waals surface area contributed by atoms with Gasteiger partial charge in [-0.3, -0.25) is 0 Å². The molecule has 0 unspecified atom stereocenters. The molecule has 1 heterocycles. The van der Waals surface area contributed by atoms with E-state index in [2.05, 4.69) is 65.6 Å². The highest BCUT2D eigenvalue weighted by atomic mass is 16.5. The van der Waals surface area contributed by atoms with Gasteiger partial charge < -0.3 is 9.64 Å². The molecule has 0 amide bonds. The minimum atomic E-state index is 1.01. The van der Waals surface area contributed by atoms with Gasteiger partial charge in [0, 0.05) is 7.05 Å². The zero-order valence-electron chi connectivity index (χ0n) is 14.0. The van der Waals surface area contributed by atoms with Gasteiger partial charge in [-0.1, -0.05) is 12.1 Å². The second kappa shape index (κ2) is 4.52. The van der Waals surface area contributed by atoms with Crippen LogP contribution in [0.15, 0.2) is 12.1 Å². The molecular formula is C19H23NO. The molecule has 110 valence electrons. The molecule has 3 rings (SSSR count). The molecule has 0 saturated carbocycles. The maximum absolute atomic E-state index is 6.39. The van der Waals surface area contributed by atoms with Crippen molar-refractivity contribution in [3.05, 3.63) is 45.5 Å². The summed E-state index contributed by atoms with van der Waals surface area (Å²) in [6.07, 6.45) is 0. The van der Waals surface area contributed by atoms with E-state index in [0.29, 0.717) is 0 Å². The SMILES string of the molecule is Cc1cc(C)c2c(c1C)Oc1c(C)c(C)cc(C)c1N2C. The predicted octanol–water partition coefficient (Wildman–Crippen LogP) is 5.41. The Hall–Kier alpha value is -1.96. The van der Waals surface area contributed by atoms with Crippen LogP contribution in [0.1, 0.15) is 33.4 Å². The number of anilines is 2. The van der Waals surface area contributed by atoms with Crippen molar-refractivity contribution >= 4 is 11.4 Å². The lowest BCUT2D eigenvalue weighted by atomic mass is 9.97. The van der Waals surface area contributed by atoms with Crippen LogP contribution in [0.5, 0.6) is 11.5 Å². The molecule has 0 saturated heterocycles. The van der Waals surface area contributed by atoms with Gasteiger partial charge in [0.15, 0.2) is 11.5 Å². The minimum absolute atomic E-state index is 1.01. The average molecular weight is 281 g/mol. The molecule has 0 fully saturated rings. The van der Waals surface area contributed by atoms with Crippen LogP contribution >= 0.6 is 0 Å². The van der Waals surface area contributed by atoms with Crippen LogP contribution in [-0.4, -0.2) is 7.05 Å². The first-order valence-corrected chi connectivity index (χ1v) is 7.46. The van der Waals surface area contributed by atoms with Gasteiger partial charge >= 0.3 is 0 Å². The van der Waals surface area contributed by atoms with Crippen molar-refractivity contribution in [1.82, 2.24) is 0 Å². The molecule has 1 aliphatic heterocycles. The molecule has 0 aliphatic carbocycles. The summed E-state index contributed by atoms with van der Waals surface area (Å²) in [4.78, 5) is 2.29. The summed E-state index contributed by atoms with van der Waals surface area (Å²) >= 11 is 0. The van der Waals surface area contributed by atoms with Gasteiger partial charge in [-0.25, -0.2) is 0 Å². The highest BCUT2D eigenvalue weighted by Crippen LogP contribution is 2.52. The van der Waals surface area contributed by atoms with Crippen molar-refractivity contribution in [1.29, 1.82) is 0 Å². The molecule has 2 aromatic rings. The Morgan fingerprint density at radius 2 is 1.05 bits per heavy atom. The summed E-state index contributed by atoms with van der Waals surface area (Å²) in [6.45, 7) is 12.9. The Balaban J connectivity index is 2.35. The predicted molar refractivity (Wildman–Crippen MR) is 89.4 cm³/mol. The maximum atomic E-state index is 6.39. The lowest BCUT2D eigenvalue weighted by Gasteiger charge is -2.35. The highest BCUT2D eigenvalue weighted by Gasteiger charge is 2.28. The summed E-state index contributed by atoms with van der Waals surface area (Å²) in [7, 11) is 2.14. The Kier molecular flexibility index (Phi) is 3.01. The topological polar surface area (TPSA) is 12.5 Å². The van der Waals surface area contributed by atoms with E-state index >= 15 is 0 Å². The standard InChI is InChI=1S/C19H23NO/c1-10-8-12(3)16-18(14(10)5)21-19-15(6)11(2)9-13(4)17(19)20(16)7/h8-9H,1-7H3. The van der Waals surface area contributed by atoms with Crippen LogP contribution < -0.4 is 9.64 Å². The Labute approximate surface area is 127 Å². The van der Waals surface area contributed by atoms with Crippen LogP contribution in [0.2, 0.25) is 0 Å². The lowest BCUT2D eigenvalue weighted by molar-refractivity contribution is 0.466. The Morgan fingerprint density at radius 1 is 0.667 bits per heavy atom. The normalized spacial score (nSPS) is 12.8. The van der Waals surface area contributed by atoms with E-state index in [1.807, 2.05) is 0 Å². The Morgan fingerprint density at radius 3 is 1.43 bits per heavy atom. The Bertz CT molecular complexity index is 696. The quantitative estimate of drug-likeness (QED) is 0.640. The van der Waals surface area contributed by atoms with E-state index in [1.54, 1.807) is 0 Å². The van der Waals surface area contributed by atoms with Gasteiger partial charge in [0.05, 0.1) is 11.4 Å². The smallest absolute Gasteiger partial charge is 0.154 e. The van der Waals surface area contributed by atoms with Crippen molar-refractivity contribution in [2.24, 2.45) is 0 Å². The third-order valence-electron chi connectivity index (χ3n) is 4.78. The monoisotopic (exact) mass is 281 g/mol. The number of nitrogens with zero attached hydrogens (tertiary/aromatic N) is 1. The summed E-state index contributed by atoms with van der Waals surface area (Å²) in [6, 6.07) is 4.49. The first kappa shape index (κ1) is 14.0. The van der Waals surface area contributed by atoms with Crippen LogP contribution in [0.3, 0.4) is 0 Å². The number of aryl methyl sites for hydroxylation is 4. The fraction of sp³-hybridized carbons (Fsp3) is 0.368. The van der Waals surface area contributed by atoms with Crippen LogP contribution in [0.4, 0.5) is 11.4 Å². The molecule has 0 atom stereocenters. The summed E-state index contributed by atoms with van der Waals surface area (Å²) < 4.78 is 6.39. The second-order valence-electron chi connectivity index (χ2n) is 6.29. The molecule has 0 bridgehead atoms. The largest absolute Gasteiger partial charge is 0.452 e. The number of rotatable bonds is 0. The molecule has 2 heteroatoms. The second-order valence-corrected chi connectivity index (χ2v) is 6.29. The molecule has 21 heavy (non-hydrogen) atoms. The van der Waals surface area contributed by atoms with Gasteiger partial charge in [0.25, 0.3) is 0 Å². The number of ether oxygens (including phenoxy) is 1. The van der Waals surface area contributed by atoms with Gasteiger partial charge in [0.1, 0.15) is 0 Å². The van der Waals surface area contributed by atoms with Crippen molar-refractivity contribution in [3.8, 4) is 11.5 Å². The highest BCUT2D eigenvalue weighted by molar-refractivity contribution is 5.84. The average Bonchev–Trinajstić information content (AvgIpc) is 2.41.